The zero-order chi connectivity index (χ0) is 7.84. The van der Waals surface area contributed by atoms with Crippen LogP contribution in [0, 0.1) is 11.8 Å². The van der Waals surface area contributed by atoms with Crippen LogP contribution in [0.2, 0.25) is 0 Å². The number of fused-ring (bicyclic) bond motifs is 1. The first-order valence-corrected chi connectivity index (χ1v) is 4.23. The molecule has 0 aromatic carbocycles. The summed E-state index contributed by atoms with van der Waals surface area (Å²) in [5.41, 5.74) is 0. The number of carbonyl (C=O) groups is 1. The molecule has 0 amide bonds. The molecule has 2 saturated heterocycles. The summed E-state index contributed by atoms with van der Waals surface area (Å²) in [6.45, 7) is 4.80. The maximum Gasteiger partial charge on any atom is 0.147 e. The van der Waals surface area contributed by atoms with Crippen LogP contribution >= 0.6 is 0 Å². The van der Waals surface area contributed by atoms with Crippen molar-refractivity contribution in [3.05, 3.63) is 0 Å². The van der Waals surface area contributed by atoms with Crippen LogP contribution in [0.15, 0.2) is 0 Å². The number of rotatable bonds is 1. The van der Waals surface area contributed by atoms with E-state index in [-0.39, 0.29) is 6.04 Å². The van der Waals surface area contributed by atoms with E-state index in [2.05, 4.69) is 10.6 Å². The van der Waals surface area contributed by atoms with E-state index in [1.165, 1.54) is 0 Å². The Labute approximate surface area is 66.5 Å². The van der Waals surface area contributed by atoms with Gasteiger partial charge in [0.15, 0.2) is 0 Å². The Morgan fingerprint density at radius 1 is 1.36 bits per heavy atom. The summed E-state index contributed by atoms with van der Waals surface area (Å²) in [6.07, 6.45) is 0. The average Bonchev–Trinajstić information content (AvgIpc) is 2.41. The lowest BCUT2D eigenvalue weighted by atomic mass is 9.92. The van der Waals surface area contributed by atoms with E-state index >= 15 is 0 Å². The molecule has 3 unspecified atom stereocenters. The number of Topliss-reactive ketones (excluding diaryl/α,β-unsaturated/α-hetero) is 1. The SMILES string of the molecule is CC(=O)C1NCC2CNCC21. The molecular formula is C8H14N2O. The predicted molar refractivity (Wildman–Crippen MR) is 42.3 cm³/mol. The van der Waals surface area contributed by atoms with Gasteiger partial charge in [-0.3, -0.25) is 4.79 Å². The Kier molecular flexibility index (Phi) is 1.69. The molecule has 0 spiro atoms. The molecule has 62 valence electrons. The fraction of sp³-hybridized carbons (Fsp3) is 0.875. The van der Waals surface area contributed by atoms with Gasteiger partial charge in [-0.1, -0.05) is 0 Å². The van der Waals surface area contributed by atoms with Crippen molar-refractivity contribution in [2.24, 2.45) is 11.8 Å². The van der Waals surface area contributed by atoms with Gasteiger partial charge in [-0.05, 0) is 25.3 Å². The molecule has 2 aliphatic heterocycles. The minimum absolute atomic E-state index is 0.134. The maximum absolute atomic E-state index is 11.1. The second kappa shape index (κ2) is 2.57. The molecule has 3 nitrogen and oxygen atoms in total. The van der Waals surface area contributed by atoms with Crippen molar-refractivity contribution >= 4 is 5.78 Å². The normalized spacial score (nSPS) is 42.5. The van der Waals surface area contributed by atoms with Gasteiger partial charge in [-0.2, -0.15) is 0 Å². The monoisotopic (exact) mass is 154 g/mol. The third-order valence-corrected chi connectivity index (χ3v) is 2.86. The van der Waals surface area contributed by atoms with Crippen molar-refractivity contribution < 1.29 is 4.79 Å². The number of hydrogen-bond acceptors (Lipinski definition) is 3. The summed E-state index contributed by atoms with van der Waals surface area (Å²) in [5.74, 6) is 1.55. The van der Waals surface area contributed by atoms with Crippen molar-refractivity contribution in [3.63, 3.8) is 0 Å². The van der Waals surface area contributed by atoms with Crippen LogP contribution in [-0.2, 0) is 4.79 Å². The highest BCUT2D eigenvalue weighted by atomic mass is 16.1. The fourth-order valence-corrected chi connectivity index (χ4v) is 2.24. The molecule has 3 heteroatoms. The number of carbonyl (C=O) groups excluding carboxylic acids is 1. The highest BCUT2D eigenvalue weighted by molar-refractivity contribution is 5.82. The van der Waals surface area contributed by atoms with Crippen molar-refractivity contribution in [2.75, 3.05) is 19.6 Å². The Morgan fingerprint density at radius 2 is 2.18 bits per heavy atom. The first-order valence-electron chi connectivity index (χ1n) is 4.23. The largest absolute Gasteiger partial charge is 0.316 e. The first kappa shape index (κ1) is 7.25. The van der Waals surface area contributed by atoms with E-state index in [0.29, 0.717) is 17.6 Å². The molecule has 11 heavy (non-hydrogen) atoms. The van der Waals surface area contributed by atoms with E-state index in [9.17, 15) is 4.79 Å². The molecule has 2 heterocycles. The van der Waals surface area contributed by atoms with Gasteiger partial charge in [0.2, 0.25) is 0 Å². The van der Waals surface area contributed by atoms with E-state index in [1.54, 1.807) is 6.92 Å². The van der Waals surface area contributed by atoms with Crippen LogP contribution < -0.4 is 10.6 Å². The molecule has 2 N–H and O–H groups in total. The van der Waals surface area contributed by atoms with Gasteiger partial charge in [-0.15, -0.1) is 0 Å². The summed E-state index contributed by atoms with van der Waals surface area (Å²) in [5, 5.41) is 6.59. The number of nitrogens with one attached hydrogen (secondary N) is 2. The van der Waals surface area contributed by atoms with Gasteiger partial charge in [0.25, 0.3) is 0 Å². The zero-order valence-electron chi connectivity index (χ0n) is 6.76. The molecule has 2 fully saturated rings. The van der Waals surface area contributed by atoms with Gasteiger partial charge in [-0.25, -0.2) is 0 Å². The zero-order valence-corrected chi connectivity index (χ0v) is 6.76. The smallest absolute Gasteiger partial charge is 0.147 e. The van der Waals surface area contributed by atoms with E-state index in [4.69, 9.17) is 0 Å². The lowest BCUT2D eigenvalue weighted by molar-refractivity contribution is -0.119. The fourth-order valence-electron chi connectivity index (χ4n) is 2.24. The van der Waals surface area contributed by atoms with Crippen molar-refractivity contribution in [2.45, 2.75) is 13.0 Å². The summed E-state index contributed by atoms with van der Waals surface area (Å²) in [4.78, 5) is 11.1. The van der Waals surface area contributed by atoms with Crippen LogP contribution in [0.4, 0.5) is 0 Å². The Balaban J connectivity index is 2.08. The summed E-state index contributed by atoms with van der Waals surface area (Å²) in [7, 11) is 0. The van der Waals surface area contributed by atoms with Gasteiger partial charge in [0, 0.05) is 13.1 Å². The highest BCUT2D eigenvalue weighted by Crippen LogP contribution is 2.25. The topological polar surface area (TPSA) is 41.1 Å². The third-order valence-electron chi connectivity index (χ3n) is 2.86. The minimum atomic E-state index is 0.134. The Morgan fingerprint density at radius 3 is 2.91 bits per heavy atom. The van der Waals surface area contributed by atoms with E-state index in [1.807, 2.05) is 0 Å². The van der Waals surface area contributed by atoms with Gasteiger partial charge < -0.3 is 10.6 Å². The molecule has 0 radical (unpaired) electrons. The van der Waals surface area contributed by atoms with Crippen molar-refractivity contribution in [1.29, 1.82) is 0 Å². The van der Waals surface area contributed by atoms with Crippen molar-refractivity contribution in [3.8, 4) is 0 Å². The minimum Gasteiger partial charge on any atom is -0.316 e. The molecular weight excluding hydrogens is 140 g/mol. The number of hydrogen-bond donors (Lipinski definition) is 2. The third kappa shape index (κ3) is 1.08. The second-order valence-electron chi connectivity index (χ2n) is 3.58. The second-order valence-corrected chi connectivity index (χ2v) is 3.58. The standard InChI is InChI=1S/C8H14N2O/c1-5(11)8-7-4-9-2-6(7)3-10-8/h6-10H,2-4H2,1H3. The molecule has 2 aliphatic rings. The average molecular weight is 154 g/mol. The Hall–Kier alpha value is -0.410. The number of ketones is 1. The lowest BCUT2D eigenvalue weighted by Gasteiger charge is -2.13. The van der Waals surface area contributed by atoms with Gasteiger partial charge >= 0.3 is 0 Å². The Bertz CT molecular complexity index is 181. The van der Waals surface area contributed by atoms with Gasteiger partial charge in [0.05, 0.1) is 6.04 Å². The van der Waals surface area contributed by atoms with E-state index in [0.717, 1.165) is 19.6 Å². The van der Waals surface area contributed by atoms with Crippen LogP contribution in [0.5, 0.6) is 0 Å². The molecule has 0 saturated carbocycles. The first-order chi connectivity index (χ1) is 5.29. The molecule has 2 rings (SSSR count). The molecule has 0 bridgehead atoms. The quantitative estimate of drug-likeness (QED) is 0.529. The summed E-state index contributed by atoms with van der Waals surface area (Å²) < 4.78 is 0. The molecule has 0 aliphatic carbocycles. The summed E-state index contributed by atoms with van der Waals surface area (Å²) >= 11 is 0. The molecule has 0 aromatic rings. The maximum atomic E-state index is 11.1. The molecule has 0 aromatic heterocycles. The summed E-state index contributed by atoms with van der Waals surface area (Å²) in [6, 6.07) is 0.134. The van der Waals surface area contributed by atoms with Gasteiger partial charge in [0.1, 0.15) is 5.78 Å². The van der Waals surface area contributed by atoms with Crippen LogP contribution in [0.25, 0.3) is 0 Å². The van der Waals surface area contributed by atoms with E-state index < -0.39 is 0 Å². The van der Waals surface area contributed by atoms with Crippen LogP contribution in [0.1, 0.15) is 6.92 Å². The molecule has 3 atom stereocenters. The van der Waals surface area contributed by atoms with Crippen LogP contribution in [-0.4, -0.2) is 31.5 Å². The van der Waals surface area contributed by atoms with Crippen molar-refractivity contribution in [1.82, 2.24) is 10.6 Å². The highest BCUT2D eigenvalue weighted by Gasteiger charge is 2.40. The lowest BCUT2D eigenvalue weighted by Crippen LogP contribution is -2.36. The van der Waals surface area contributed by atoms with Crippen LogP contribution in [0.3, 0.4) is 0 Å². The predicted octanol–water partition coefficient (Wildman–Crippen LogP) is -0.617.